The van der Waals surface area contributed by atoms with Crippen LogP contribution in [-0.4, -0.2) is 30.4 Å². The van der Waals surface area contributed by atoms with Gasteiger partial charge in [0.1, 0.15) is 6.04 Å². The number of benzene rings is 1. The number of amides is 1. The van der Waals surface area contributed by atoms with Gasteiger partial charge in [0.15, 0.2) is 0 Å². The van der Waals surface area contributed by atoms with Crippen LogP contribution in [0.3, 0.4) is 0 Å². The van der Waals surface area contributed by atoms with Crippen LogP contribution in [0.5, 0.6) is 0 Å². The number of rotatable bonds is 3. The van der Waals surface area contributed by atoms with Gasteiger partial charge in [0.25, 0.3) is 0 Å². The summed E-state index contributed by atoms with van der Waals surface area (Å²) < 4.78 is 0. The molecule has 2 aliphatic heterocycles. The lowest BCUT2D eigenvalue weighted by Crippen LogP contribution is -2.46. The smallest absolute Gasteiger partial charge is 0.244 e. The molecule has 1 saturated heterocycles. The van der Waals surface area contributed by atoms with Crippen molar-refractivity contribution >= 4 is 5.91 Å². The van der Waals surface area contributed by atoms with Crippen molar-refractivity contribution < 1.29 is 4.79 Å². The number of hydrogen-bond donors (Lipinski definition) is 1. The number of nitrogens with zero attached hydrogens (tertiary/aromatic N) is 1. The van der Waals surface area contributed by atoms with Gasteiger partial charge in [-0.15, -0.1) is 0 Å². The summed E-state index contributed by atoms with van der Waals surface area (Å²) in [5.41, 5.74) is 2.51. The monoisotopic (exact) mass is 286 g/mol. The molecule has 0 saturated carbocycles. The first-order chi connectivity index (χ1) is 10.3. The highest BCUT2D eigenvalue weighted by Crippen LogP contribution is 2.27. The topological polar surface area (TPSA) is 32.3 Å². The van der Waals surface area contributed by atoms with Gasteiger partial charge in [-0.25, -0.2) is 0 Å². The van der Waals surface area contributed by atoms with Gasteiger partial charge in [0.2, 0.25) is 5.91 Å². The van der Waals surface area contributed by atoms with E-state index in [2.05, 4.69) is 35.3 Å². The van der Waals surface area contributed by atoms with Crippen LogP contribution >= 0.6 is 0 Å². The maximum atomic E-state index is 12.8. The van der Waals surface area contributed by atoms with Crippen molar-refractivity contribution in [1.29, 1.82) is 0 Å². The number of likely N-dealkylation sites (tertiary alicyclic amines) is 1. The molecular weight excluding hydrogens is 260 g/mol. The van der Waals surface area contributed by atoms with Crippen molar-refractivity contribution in [2.24, 2.45) is 5.92 Å². The number of nitrogens with one attached hydrogen (secondary N) is 1. The zero-order valence-corrected chi connectivity index (χ0v) is 13.0. The molecule has 3 rings (SSSR count). The van der Waals surface area contributed by atoms with Crippen LogP contribution < -0.4 is 5.32 Å². The van der Waals surface area contributed by atoms with Crippen LogP contribution in [-0.2, 0) is 11.2 Å². The van der Waals surface area contributed by atoms with E-state index in [1.165, 1.54) is 36.8 Å². The Hall–Kier alpha value is -1.35. The summed E-state index contributed by atoms with van der Waals surface area (Å²) >= 11 is 0. The molecular formula is C18H26N2O. The van der Waals surface area contributed by atoms with Crippen LogP contribution in [0.4, 0.5) is 0 Å². The van der Waals surface area contributed by atoms with Gasteiger partial charge in [-0.2, -0.15) is 0 Å². The molecule has 1 N–H and O–H groups in total. The quantitative estimate of drug-likeness (QED) is 0.926. The Morgan fingerprint density at radius 3 is 2.81 bits per heavy atom. The predicted octanol–water partition coefficient (Wildman–Crippen LogP) is 2.91. The first kappa shape index (κ1) is 14.6. The molecule has 21 heavy (non-hydrogen) atoms. The molecule has 3 nitrogen and oxygen atoms in total. The molecule has 2 aliphatic rings. The van der Waals surface area contributed by atoms with Crippen LogP contribution in [0.2, 0.25) is 0 Å². The Kier molecular flexibility index (Phi) is 4.59. The van der Waals surface area contributed by atoms with Gasteiger partial charge in [0, 0.05) is 19.6 Å². The van der Waals surface area contributed by atoms with Crippen molar-refractivity contribution in [2.45, 2.75) is 45.1 Å². The summed E-state index contributed by atoms with van der Waals surface area (Å²) in [6, 6.07) is 8.25. The molecule has 1 fully saturated rings. The average molecular weight is 286 g/mol. The molecule has 1 aromatic carbocycles. The minimum Gasteiger partial charge on any atom is -0.341 e. The summed E-state index contributed by atoms with van der Waals surface area (Å²) in [5.74, 6) is 1.10. The molecule has 1 atom stereocenters. The largest absolute Gasteiger partial charge is 0.341 e. The van der Waals surface area contributed by atoms with E-state index in [-0.39, 0.29) is 11.9 Å². The molecule has 1 aromatic rings. The molecule has 0 bridgehead atoms. The Labute approximate surface area is 127 Å². The van der Waals surface area contributed by atoms with E-state index < -0.39 is 0 Å². The fourth-order valence-electron chi connectivity index (χ4n) is 3.76. The molecule has 0 aromatic heterocycles. The normalized spacial score (nSPS) is 22.9. The maximum absolute atomic E-state index is 12.8. The maximum Gasteiger partial charge on any atom is 0.244 e. The summed E-state index contributed by atoms with van der Waals surface area (Å²) in [6.45, 7) is 5.02. The number of fused-ring (bicyclic) bond motifs is 1. The predicted molar refractivity (Wildman–Crippen MR) is 85.1 cm³/mol. The van der Waals surface area contributed by atoms with E-state index in [9.17, 15) is 4.79 Å². The third-order valence-corrected chi connectivity index (χ3v) is 4.98. The van der Waals surface area contributed by atoms with Crippen molar-refractivity contribution in [1.82, 2.24) is 10.2 Å². The van der Waals surface area contributed by atoms with Gasteiger partial charge < -0.3 is 10.2 Å². The summed E-state index contributed by atoms with van der Waals surface area (Å²) in [7, 11) is 0. The average Bonchev–Trinajstić information content (AvgIpc) is 2.55. The summed E-state index contributed by atoms with van der Waals surface area (Å²) in [6.07, 6.45) is 5.95. The zero-order chi connectivity index (χ0) is 14.7. The number of hydrogen-bond acceptors (Lipinski definition) is 2. The van der Waals surface area contributed by atoms with Crippen LogP contribution in [0, 0.1) is 5.92 Å². The first-order valence-corrected chi connectivity index (χ1v) is 8.39. The minimum atomic E-state index is -0.127. The summed E-state index contributed by atoms with van der Waals surface area (Å²) in [5, 5.41) is 3.42. The van der Waals surface area contributed by atoms with Crippen LogP contribution in [0.25, 0.3) is 0 Å². The Bertz CT molecular complexity index is 492. The SMILES string of the molecule is CCCC1CCN(C(=O)C2NCCc3ccccc32)CC1. The second-order valence-electron chi connectivity index (χ2n) is 6.39. The fourth-order valence-corrected chi connectivity index (χ4v) is 3.76. The Morgan fingerprint density at radius 1 is 1.29 bits per heavy atom. The number of carbonyl (C=O) groups is 1. The molecule has 1 unspecified atom stereocenters. The van der Waals surface area contributed by atoms with E-state index in [0.29, 0.717) is 0 Å². The standard InChI is InChI=1S/C18H26N2O/c1-2-5-14-9-12-20(13-10-14)18(21)17-16-7-4-3-6-15(16)8-11-19-17/h3-4,6-7,14,17,19H,2,5,8-13H2,1H3. The Balaban J connectivity index is 1.67. The van der Waals surface area contributed by atoms with Gasteiger partial charge >= 0.3 is 0 Å². The van der Waals surface area contributed by atoms with Crippen molar-refractivity contribution in [3.63, 3.8) is 0 Å². The van der Waals surface area contributed by atoms with Crippen molar-refractivity contribution in [3.8, 4) is 0 Å². The Morgan fingerprint density at radius 2 is 2.05 bits per heavy atom. The highest BCUT2D eigenvalue weighted by atomic mass is 16.2. The van der Waals surface area contributed by atoms with E-state index in [0.717, 1.165) is 32.0 Å². The highest BCUT2D eigenvalue weighted by Gasteiger charge is 2.31. The third kappa shape index (κ3) is 3.13. The van der Waals surface area contributed by atoms with Crippen molar-refractivity contribution in [3.05, 3.63) is 35.4 Å². The third-order valence-electron chi connectivity index (χ3n) is 4.98. The second kappa shape index (κ2) is 6.61. The van der Waals surface area contributed by atoms with Gasteiger partial charge in [-0.05, 0) is 36.3 Å². The molecule has 0 aliphatic carbocycles. The molecule has 0 spiro atoms. The fraction of sp³-hybridized carbons (Fsp3) is 0.611. The second-order valence-corrected chi connectivity index (χ2v) is 6.39. The molecule has 0 radical (unpaired) electrons. The highest BCUT2D eigenvalue weighted by molar-refractivity contribution is 5.84. The van der Waals surface area contributed by atoms with E-state index >= 15 is 0 Å². The lowest BCUT2D eigenvalue weighted by atomic mass is 9.90. The first-order valence-electron chi connectivity index (χ1n) is 8.39. The molecule has 3 heteroatoms. The zero-order valence-electron chi connectivity index (χ0n) is 13.0. The van der Waals surface area contributed by atoms with E-state index in [4.69, 9.17) is 0 Å². The van der Waals surface area contributed by atoms with Crippen LogP contribution in [0.1, 0.15) is 49.8 Å². The number of piperidine rings is 1. The minimum absolute atomic E-state index is 0.127. The van der Waals surface area contributed by atoms with Gasteiger partial charge in [-0.3, -0.25) is 4.79 Å². The van der Waals surface area contributed by atoms with Crippen molar-refractivity contribution in [2.75, 3.05) is 19.6 Å². The lowest BCUT2D eigenvalue weighted by molar-refractivity contribution is -0.135. The van der Waals surface area contributed by atoms with Gasteiger partial charge in [-0.1, -0.05) is 44.0 Å². The molecule has 114 valence electrons. The van der Waals surface area contributed by atoms with Crippen LogP contribution in [0.15, 0.2) is 24.3 Å². The molecule has 1 amide bonds. The molecule has 2 heterocycles. The summed E-state index contributed by atoms with van der Waals surface area (Å²) in [4.78, 5) is 14.9. The number of carbonyl (C=O) groups excluding carboxylic acids is 1. The van der Waals surface area contributed by atoms with E-state index in [1.54, 1.807) is 0 Å². The van der Waals surface area contributed by atoms with Gasteiger partial charge in [0.05, 0.1) is 0 Å². The lowest BCUT2D eigenvalue weighted by Gasteiger charge is -2.36. The van der Waals surface area contributed by atoms with E-state index in [1.807, 2.05) is 6.07 Å².